The third-order valence-corrected chi connectivity index (χ3v) is 8.81. The van der Waals surface area contributed by atoms with Gasteiger partial charge in [0.15, 0.2) is 10.9 Å². The monoisotopic (exact) mass is 481 g/mol. The van der Waals surface area contributed by atoms with E-state index in [9.17, 15) is 13.5 Å². The van der Waals surface area contributed by atoms with Crippen LogP contribution in [0, 0.1) is 0 Å². The first kappa shape index (κ1) is 24.8. The Morgan fingerprint density at radius 3 is 2.45 bits per heavy atom. The maximum absolute atomic E-state index is 13.1. The van der Waals surface area contributed by atoms with Gasteiger partial charge in [0.05, 0.1) is 10.8 Å². The maximum atomic E-state index is 13.1. The van der Waals surface area contributed by atoms with Gasteiger partial charge in [-0.1, -0.05) is 61.5 Å². The van der Waals surface area contributed by atoms with Crippen molar-refractivity contribution in [3.05, 3.63) is 28.8 Å². The van der Waals surface area contributed by atoms with Gasteiger partial charge in [-0.2, -0.15) is 0 Å². The molecule has 0 bridgehead atoms. The second kappa shape index (κ2) is 10.2. The van der Waals surface area contributed by atoms with Crippen molar-refractivity contribution in [1.82, 2.24) is 9.62 Å². The number of benzene rings is 1. The van der Waals surface area contributed by atoms with Gasteiger partial charge in [0, 0.05) is 25.7 Å². The van der Waals surface area contributed by atoms with Crippen molar-refractivity contribution < 1.29 is 13.5 Å². The Hall–Kier alpha value is -0.510. The van der Waals surface area contributed by atoms with Gasteiger partial charge in [0.2, 0.25) is 10.0 Å². The molecule has 1 aliphatic carbocycles. The Morgan fingerprint density at radius 2 is 1.86 bits per heavy atom. The number of thioether (sulfide) groups is 1. The normalized spacial score (nSPS) is 25.5. The third-order valence-electron chi connectivity index (χ3n) is 5.55. The number of aliphatic hydroxyl groups is 1. The lowest BCUT2D eigenvalue weighted by atomic mass is 9.97. The Kier molecular flexibility index (Phi) is 8.71. The Morgan fingerprint density at radius 1 is 1.24 bits per heavy atom. The Balaban J connectivity index is 0.00000300. The Bertz CT molecular complexity index is 843. The lowest BCUT2D eigenvalue weighted by Crippen LogP contribution is -2.42. The first-order chi connectivity index (χ1) is 13.3. The van der Waals surface area contributed by atoms with E-state index in [2.05, 4.69) is 9.71 Å². The van der Waals surface area contributed by atoms with E-state index in [-0.39, 0.29) is 28.4 Å². The summed E-state index contributed by atoms with van der Waals surface area (Å²) in [5, 5.41) is 12.0. The zero-order valence-corrected chi connectivity index (χ0v) is 19.9. The Labute approximate surface area is 189 Å². The second-order valence-electron chi connectivity index (χ2n) is 7.48. The van der Waals surface area contributed by atoms with Crippen LogP contribution in [0.2, 0.25) is 5.02 Å². The molecule has 1 unspecified atom stereocenters. The molecule has 2 N–H and O–H groups in total. The highest BCUT2D eigenvalue weighted by Gasteiger charge is 2.43. The molecule has 1 aliphatic heterocycles. The zero-order chi connectivity index (χ0) is 20.4. The average Bonchev–Trinajstić information content (AvgIpc) is 2.93. The lowest BCUT2D eigenvalue weighted by Gasteiger charge is -2.31. The van der Waals surface area contributed by atoms with Crippen LogP contribution in [0.25, 0.3) is 0 Å². The summed E-state index contributed by atoms with van der Waals surface area (Å²) in [5.74, 6) is 0.368. The van der Waals surface area contributed by atoms with Crippen LogP contribution in [-0.2, 0) is 15.7 Å². The molecule has 1 aromatic rings. The molecule has 0 radical (unpaired) electrons. The van der Waals surface area contributed by atoms with Crippen molar-refractivity contribution in [2.45, 2.75) is 61.6 Å². The van der Waals surface area contributed by atoms with Crippen molar-refractivity contribution in [3.8, 4) is 0 Å². The first-order valence-corrected chi connectivity index (χ1v) is 12.5. The van der Waals surface area contributed by atoms with Gasteiger partial charge in [-0.15, -0.1) is 12.4 Å². The van der Waals surface area contributed by atoms with Crippen LogP contribution in [0.5, 0.6) is 0 Å². The van der Waals surface area contributed by atoms with Gasteiger partial charge < -0.3 is 10.0 Å². The molecule has 1 aromatic carbocycles. The number of hydrogen-bond donors (Lipinski definition) is 2. The van der Waals surface area contributed by atoms with Crippen LogP contribution in [-0.4, -0.2) is 49.5 Å². The number of hydrogen-bond acceptors (Lipinski definition) is 5. The minimum absolute atomic E-state index is 0. The molecular weight excluding hydrogens is 453 g/mol. The van der Waals surface area contributed by atoms with Crippen molar-refractivity contribution in [2.24, 2.45) is 4.99 Å². The highest BCUT2D eigenvalue weighted by molar-refractivity contribution is 8.14. The van der Waals surface area contributed by atoms with E-state index >= 15 is 0 Å². The highest BCUT2D eigenvalue weighted by Crippen LogP contribution is 2.39. The number of nitrogens with one attached hydrogen (secondary N) is 1. The molecule has 164 valence electrons. The number of nitrogens with zero attached hydrogens (tertiary/aromatic N) is 2. The van der Waals surface area contributed by atoms with E-state index in [1.165, 1.54) is 24.2 Å². The SMILES string of the molecule is CN=C1SCC(O)(c2ccc(Cl)c(S(=O)(=O)NC3CCCCCCC3)c2)N1C.Cl. The lowest BCUT2D eigenvalue weighted by molar-refractivity contribution is -0.0349. The van der Waals surface area contributed by atoms with Gasteiger partial charge in [-0.25, -0.2) is 13.1 Å². The van der Waals surface area contributed by atoms with Crippen LogP contribution < -0.4 is 4.72 Å². The molecule has 0 aromatic heterocycles. The quantitative estimate of drug-likeness (QED) is 0.679. The smallest absolute Gasteiger partial charge is 0.242 e. The van der Waals surface area contributed by atoms with E-state index in [1.54, 1.807) is 31.1 Å². The van der Waals surface area contributed by atoms with E-state index < -0.39 is 15.7 Å². The van der Waals surface area contributed by atoms with Crippen LogP contribution in [0.4, 0.5) is 0 Å². The standard InChI is InChI=1S/C19H28ClN3O3S2.ClH/c1-21-18-23(2)19(24,13-27-18)14-10-11-16(20)17(12-14)28(25,26)22-15-8-6-4-3-5-7-9-15;/h10-12,15,22,24H,3-9,13H2,1-2H3;1H. The molecule has 2 aliphatic rings. The van der Waals surface area contributed by atoms with Gasteiger partial charge in [0.1, 0.15) is 4.90 Å². The van der Waals surface area contributed by atoms with Crippen molar-refractivity contribution in [2.75, 3.05) is 19.8 Å². The summed E-state index contributed by atoms with van der Waals surface area (Å²) in [5.41, 5.74) is -0.835. The fourth-order valence-corrected chi connectivity index (χ4v) is 6.82. The molecule has 3 rings (SSSR count). The van der Waals surface area contributed by atoms with Crippen LogP contribution in [0.1, 0.15) is 50.5 Å². The molecule has 10 heteroatoms. The predicted molar refractivity (Wildman–Crippen MR) is 123 cm³/mol. The summed E-state index contributed by atoms with van der Waals surface area (Å²) < 4.78 is 29.0. The first-order valence-electron chi connectivity index (χ1n) is 9.66. The fraction of sp³-hybridized carbons (Fsp3) is 0.632. The minimum atomic E-state index is -3.78. The summed E-state index contributed by atoms with van der Waals surface area (Å²) >= 11 is 7.69. The van der Waals surface area contributed by atoms with Crippen molar-refractivity contribution in [3.63, 3.8) is 0 Å². The second-order valence-corrected chi connectivity index (χ2v) is 10.5. The van der Waals surface area contributed by atoms with Gasteiger partial charge >= 0.3 is 0 Å². The molecule has 1 saturated heterocycles. The van der Waals surface area contributed by atoms with Crippen LogP contribution >= 0.6 is 35.8 Å². The third kappa shape index (κ3) is 5.40. The average molecular weight is 482 g/mol. The zero-order valence-electron chi connectivity index (χ0n) is 16.7. The molecule has 0 amide bonds. The van der Waals surface area contributed by atoms with Crippen LogP contribution in [0.15, 0.2) is 28.1 Å². The number of sulfonamides is 1. The minimum Gasteiger partial charge on any atom is -0.366 e. The predicted octanol–water partition coefficient (Wildman–Crippen LogP) is 3.96. The molecule has 2 fully saturated rings. The summed E-state index contributed by atoms with van der Waals surface area (Å²) in [4.78, 5) is 5.84. The molecule has 1 saturated carbocycles. The molecule has 1 heterocycles. The molecular formula is C19H29Cl2N3O3S2. The number of aliphatic imine (C=N–C) groups is 1. The van der Waals surface area contributed by atoms with E-state index in [4.69, 9.17) is 11.6 Å². The van der Waals surface area contributed by atoms with Gasteiger partial charge in [-0.05, 0) is 25.0 Å². The molecule has 1 atom stereocenters. The number of amidine groups is 1. The van der Waals surface area contributed by atoms with Crippen molar-refractivity contribution >= 4 is 51.0 Å². The van der Waals surface area contributed by atoms with E-state index in [0.717, 1.165) is 38.5 Å². The highest BCUT2D eigenvalue weighted by atomic mass is 35.5. The van der Waals surface area contributed by atoms with Crippen LogP contribution in [0.3, 0.4) is 0 Å². The fourth-order valence-electron chi connectivity index (χ4n) is 3.82. The van der Waals surface area contributed by atoms with Gasteiger partial charge in [-0.3, -0.25) is 4.99 Å². The summed E-state index contributed by atoms with van der Waals surface area (Å²) in [6, 6.07) is 4.63. The largest absolute Gasteiger partial charge is 0.366 e. The topological polar surface area (TPSA) is 82.0 Å². The summed E-state index contributed by atoms with van der Waals surface area (Å²) in [6.45, 7) is 0. The van der Waals surface area contributed by atoms with Gasteiger partial charge in [0.25, 0.3) is 0 Å². The van der Waals surface area contributed by atoms with E-state index in [0.29, 0.717) is 16.5 Å². The summed E-state index contributed by atoms with van der Waals surface area (Å²) in [6.07, 6.45) is 7.26. The van der Waals surface area contributed by atoms with E-state index in [1.807, 2.05) is 0 Å². The molecule has 6 nitrogen and oxygen atoms in total. The summed E-state index contributed by atoms with van der Waals surface area (Å²) in [7, 11) is -0.367. The molecule has 0 spiro atoms. The molecule has 29 heavy (non-hydrogen) atoms. The number of halogens is 2. The maximum Gasteiger partial charge on any atom is 0.242 e. The van der Waals surface area contributed by atoms with Crippen molar-refractivity contribution in [1.29, 1.82) is 0 Å². The number of rotatable bonds is 4.